The molecular formula is C18H20N6O2S. The van der Waals surface area contributed by atoms with Crippen LogP contribution in [0.1, 0.15) is 21.7 Å². The van der Waals surface area contributed by atoms with Crippen molar-refractivity contribution in [3.05, 3.63) is 59.7 Å². The van der Waals surface area contributed by atoms with Gasteiger partial charge in [-0.25, -0.2) is 14.6 Å². The Hall–Kier alpha value is -2.78. The molecule has 0 aliphatic heterocycles. The Labute approximate surface area is 161 Å². The number of aromatic nitrogens is 5. The van der Waals surface area contributed by atoms with Crippen LogP contribution in [-0.2, 0) is 10.5 Å². The number of ether oxygens (including phenoxy) is 1. The van der Waals surface area contributed by atoms with Crippen molar-refractivity contribution in [2.45, 2.75) is 17.8 Å². The minimum atomic E-state index is -0.282. The third-order valence-corrected chi connectivity index (χ3v) is 4.62. The monoisotopic (exact) mass is 384 g/mol. The highest BCUT2D eigenvalue weighted by atomic mass is 32.2. The number of methoxy groups -OCH3 is 1. The molecule has 0 saturated heterocycles. The molecule has 8 nitrogen and oxygen atoms in total. The van der Waals surface area contributed by atoms with Crippen molar-refractivity contribution in [1.29, 1.82) is 0 Å². The van der Waals surface area contributed by atoms with E-state index in [1.165, 1.54) is 11.8 Å². The molecule has 140 valence electrons. The Morgan fingerprint density at radius 1 is 1.22 bits per heavy atom. The van der Waals surface area contributed by atoms with Crippen molar-refractivity contribution < 1.29 is 9.53 Å². The van der Waals surface area contributed by atoms with E-state index in [0.29, 0.717) is 29.8 Å². The molecule has 0 saturated carbocycles. The van der Waals surface area contributed by atoms with Gasteiger partial charge in [0.05, 0.1) is 18.0 Å². The van der Waals surface area contributed by atoms with Gasteiger partial charge in [-0.05, 0) is 25.1 Å². The minimum Gasteiger partial charge on any atom is -0.383 e. The lowest BCUT2D eigenvalue weighted by molar-refractivity contribution is 0.0931. The highest BCUT2D eigenvalue weighted by Crippen LogP contribution is 2.22. The molecule has 0 aliphatic carbocycles. The Morgan fingerprint density at radius 3 is 2.67 bits per heavy atom. The third kappa shape index (κ3) is 4.89. The van der Waals surface area contributed by atoms with Crippen molar-refractivity contribution in [3.8, 4) is 5.69 Å². The van der Waals surface area contributed by atoms with Crippen LogP contribution in [0, 0.1) is 6.92 Å². The van der Waals surface area contributed by atoms with Crippen molar-refractivity contribution >= 4 is 17.7 Å². The quantitative estimate of drug-likeness (QED) is 0.361. The fourth-order valence-corrected chi connectivity index (χ4v) is 3.14. The zero-order chi connectivity index (χ0) is 19.1. The van der Waals surface area contributed by atoms with Gasteiger partial charge in [0.25, 0.3) is 5.91 Å². The van der Waals surface area contributed by atoms with Gasteiger partial charge in [-0.2, -0.15) is 0 Å². The van der Waals surface area contributed by atoms with Crippen LogP contribution < -0.4 is 5.32 Å². The summed E-state index contributed by atoms with van der Waals surface area (Å²) in [5.74, 6) is 0.174. The summed E-state index contributed by atoms with van der Waals surface area (Å²) in [5, 5.41) is 11.7. The highest BCUT2D eigenvalue weighted by Gasteiger charge is 2.21. The van der Waals surface area contributed by atoms with Crippen LogP contribution in [0.15, 0.2) is 47.9 Å². The van der Waals surface area contributed by atoms with Crippen molar-refractivity contribution in [2.24, 2.45) is 0 Å². The number of hydrogen-bond donors (Lipinski definition) is 1. The standard InChI is InChI=1S/C18H20N6O2S/c1-13-4-6-14(7-5-13)24-15(12-27-18-20-8-3-9-21-18)16(22-23-24)17(25)19-10-11-26-2/h3-9H,10-12H2,1-2H3,(H,19,25). The van der Waals surface area contributed by atoms with Crippen molar-refractivity contribution in [1.82, 2.24) is 30.3 Å². The summed E-state index contributed by atoms with van der Waals surface area (Å²) >= 11 is 1.42. The summed E-state index contributed by atoms with van der Waals surface area (Å²) in [6.45, 7) is 2.85. The van der Waals surface area contributed by atoms with Crippen LogP contribution >= 0.6 is 11.8 Å². The first kappa shape index (κ1) is 19.0. The molecule has 0 spiro atoms. The summed E-state index contributed by atoms with van der Waals surface area (Å²) in [5.41, 5.74) is 2.96. The molecule has 0 aliphatic rings. The molecule has 3 rings (SSSR count). The smallest absolute Gasteiger partial charge is 0.273 e. The van der Waals surface area contributed by atoms with Gasteiger partial charge in [0.1, 0.15) is 0 Å². The van der Waals surface area contributed by atoms with E-state index in [0.717, 1.165) is 11.3 Å². The zero-order valence-electron chi connectivity index (χ0n) is 15.1. The maximum atomic E-state index is 12.5. The molecule has 0 fully saturated rings. The van der Waals surface area contributed by atoms with E-state index < -0.39 is 0 Å². The number of hydrogen-bond acceptors (Lipinski definition) is 7. The van der Waals surface area contributed by atoms with Gasteiger partial charge in [-0.15, -0.1) is 5.10 Å². The van der Waals surface area contributed by atoms with Crippen LogP contribution in [0.4, 0.5) is 0 Å². The molecule has 0 unspecified atom stereocenters. The Bertz CT molecular complexity index is 883. The molecule has 27 heavy (non-hydrogen) atoms. The number of carbonyl (C=O) groups is 1. The first-order valence-electron chi connectivity index (χ1n) is 8.37. The predicted octanol–water partition coefficient (Wildman–Crippen LogP) is 2.03. The van der Waals surface area contributed by atoms with Gasteiger partial charge in [0.15, 0.2) is 10.9 Å². The van der Waals surface area contributed by atoms with Crippen molar-refractivity contribution in [3.63, 3.8) is 0 Å². The average Bonchev–Trinajstić information content (AvgIpc) is 3.12. The fraction of sp³-hybridized carbons (Fsp3) is 0.278. The van der Waals surface area contributed by atoms with Gasteiger partial charge in [0, 0.05) is 31.8 Å². The molecule has 1 N–H and O–H groups in total. The van der Waals surface area contributed by atoms with Crippen LogP contribution in [0.2, 0.25) is 0 Å². The van der Waals surface area contributed by atoms with Gasteiger partial charge < -0.3 is 10.1 Å². The van der Waals surface area contributed by atoms with E-state index in [4.69, 9.17) is 4.74 Å². The molecule has 1 amide bonds. The van der Waals surface area contributed by atoms with Gasteiger partial charge in [-0.3, -0.25) is 4.79 Å². The fourth-order valence-electron chi connectivity index (χ4n) is 2.34. The molecule has 0 atom stereocenters. The number of rotatable bonds is 8. The van der Waals surface area contributed by atoms with Crippen LogP contribution in [0.5, 0.6) is 0 Å². The average molecular weight is 384 g/mol. The van der Waals surface area contributed by atoms with E-state index in [9.17, 15) is 4.79 Å². The van der Waals surface area contributed by atoms with E-state index in [1.807, 2.05) is 31.2 Å². The van der Waals surface area contributed by atoms with E-state index >= 15 is 0 Å². The third-order valence-electron chi connectivity index (χ3n) is 3.73. The lowest BCUT2D eigenvalue weighted by atomic mass is 10.2. The number of nitrogens with zero attached hydrogens (tertiary/aromatic N) is 5. The van der Waals surface area contributed by atoms with E-state index in [2.05, 4.69) is 25.6 Å². The summed E-state index contributed by atoms with van der Waals surface area (Å²) in [6, 6.07) is 9.64. The first-order chi connectivity index (χ1) is 13.2. The topological polar surface area (TPSA) is 94.8 Å². The molecule has 2 heterocycles. The van der Waals surface area contributed by atoms with E-state index in [1.54, 1.807) is 30.3 Å². The predicted molar refractivity (Wildman–Crippen MR) is 102 cm³/mol. The lowest BCUT2D eigenvalue weighted by Crippen LogP contribution is -2.28. The molecule has 2 aromatic heterocycles. The second-order valence-electron chi connectivity index (χ2n) is 5.70. The number of thioether (sulfide) groups is 1. The maximum absolute atomic E-state index is 12.5. The second kappa shape index (κ2) is 9.24. The molecule has 0 radical (unpaired) electrons. The second-order valence-corrected chi connectivity index (χ2v) is 6.64. The summed E-state index contributed by atoms with van der Waals surface area (Å²) in [7, 11) is 1.59. The minimum absolute atomic E-state index is 0.282. The van der Waals surface area contributed by atoms with Crippen molar-refractivity contribution in [2.75, 3.05) is 20.3 Å². The van der Waals surface area contributed by atoms with Crippen LogP contribution in [-0.4, -0.2) is 51.1 Å². The lowest BCUT2D eigenvalue weighted by Gasteiger charge is -2.08. The first-order valence-corrected chi connectivity index (χ1v) is 9.36. The van der Waals surface area contributed by atoms with Crippen LogP contribution in [0.3, 0.4) is 0 Å². The van der Waals surface area contributed by atoms with Crippen LogP contribution in [0.25, 0.3) is 5.69 Å². The van der Waals surface area contributed by atoms with Gasteiger partial charge >= 0.3 is 0 Å². The zero-order valence-corrected chi connectivity index (χ0v) is 15.9. The van der Waals surface area contributed by atoms with Gasteiger partial charge in [-0.1, -0.05) is 34.7 Å². The molecule has 3 aromatic rings. The summed E-state index contributed by atoms with van der Waals surface area (Å²) in [6.07, 6.45) is 3.37. The molecule has 0 bridgehead atoms. The molecule has 1 aromatic carbocycles. The number of benzene rings is 1. The Balaban J connectivity index is 1.88. The molecular weight excluding hydrogens is 364 g/mol. The number of nitrogens with one attached hydrogen (secondary N) is 1. The highest BCUT2D eigenvalue weighted by molar-refractivity contribution is 7.98. The Morgan fingerprint density at radius 2 is 1.96 bits per heavy atom. The number of amides is 1. The normalized spacial score (nSPS) is 10.7. The number of aryl methyl sites for hydroxylation is 1. The van der Waals surface area contributed by atoms with Gasteiger partial charge in [0.2, 0.25) is 0 Å². The van der Waals surface area contributed by atoms with E-state index in [-0.39, 0.29) is 11.6 Å². The Kier molecular flexibility index (Phi) is 6.50. The largest absolute Gasteiger partial charge is 0.383 e. The molecule has 9 heteroatoms. The maximum Gasteiger partial charge on any atom is 0.273 e. The number of carbonyl (C=O) groups excluding carboxylic acids is 1. The summed E-state index contributed by atoms with van der Waals surface area (Å²) in [4.78, 5) is 21.0. The SMILES string of the molecule is COCCNC(=O)c1nnn(-c2ccc(C)cc2)c1CSc1ncccn1. The summed E-state index contributed by atoms with van der Waals surface area (Å²) < 4.78 is 6.65.